The van der Waals surface area contributed by atoms with Crippen LogP contribution in [0.5, 0.6) is 0 Å². The molecule has 1 fully saturated rings. The standard InChI is InChI=1S/C23H27N3O3/c1-15-12-26(13-16(2)29-15)14-17-7-3-5-9-20(17)25-23(28)19-11-22(27)24-21-10-6-4-8-18(19)21/h3-10,15-16,19H,11-14H2,1-2H3,(H,24,27)(H,25,28). The van der Waals surface area contributed by atoms with Crippen LogP contribution < -0.4 is 10.6 Å². The second-order valence-corrected chi connectivity index (χ2v) is 7.99. The second kappa shape index (κ2) is 8.35. The van der Waals surface area contributed by atoms with Crippen molar-refractivity contribution in [3.05, 3.63) is 59.7 Å². The highest BCUT2D eigenvalue weighted by atomic mass is 16.5. The average molecular weight is 393 g/mol. The summed E-state index contributed by atoms with van der Waals surface area (Å²) in [6, 6.07) is 15.4. The molecule has 1 saturated heterocycles. The highest BCUT2D eigenvalue weighted by molar-refractivity contribution is 6.05. The van der Waals surface area contributed by atoms with Gasteiger partial charge in [-0.05, 0) is 37.1 Å². The molecule has 2 aromatic carbocycles. The number of amides is 2. The summed E-state index contributed by atoms with van der Waals surface area (Å²) in [5.41, 5.74) is 3.44. The zero-order valence-corrected chi connectivity index (χ0v) is 16.9. The van der Waals surface area contributed by atoms with E-state index in [1.807, 2.05) is 48.5 Å². The Morgan fingerprint density at radius 2 is 1.79 bits per heavy atom. The van der Waals surface area contributed by atoms with E-state index in [2.05, 4.69) is 29.4 Å². The van der Waals surface area contributed by atoms with Crippen molar-refractivity contribution in [3.8, 4) is 0 Å². The van der Waals surface area contributed by atoms with E-state index in [4.69, 9.17) is 4.74 Å². The summed E-state index contributed by atoms with van der Waals surface area (Å²) in [5.74, 6) is -0.770. The lowest BCUT2D eigenvalue weighted by molar-refractivity contribution is -0.123. The molecule has 152 valence electrons. The summed E-state index contributed by atoms with van der Waals surface area (Å²) in [7, 11) is 0. The van der Waals surface area contributed by atoms with E-state index >= 15 is 0 Å². The molecule has 2 aliphatic rings. The number of ether oxygens (including phenoxy) is 1. The van der Waals surface area contributed by atoms with Gasteiger partial charge in [0.2, 0.25) is 11.8 Å². The molecule has 6 nitrogen and oxygen atoms in total. The smallest absolute Gasteiger partial charge is 0.232 e. The Kier molecular flexibility index (Phi) is 5.65. The number of nitrogens with one attached hydrogen (secondary N) is 2. The van der Waals surface area contributed by atoms with Crippen molar-refractivity contribution in [2.24, 2.45) is 0 Å². The number of carbonyl (C=O) groups is 2. The monoisotopic (exact) mass is 393 g/mol. The molecule has 2 N–H and O–H groups in total. The first kappa shape index (κ1) is 19.6. The zero-order chi connectivity index (χ0) is 20.4. The molecule has 29 heavy (non-hydrogen) atoms. The summed E-state index contributed by atoms with van der Waals surface area (Å²) >= 11 is 0. The van der Waals surface area contributed by atoms with Crippen molar-refractivity contribution in [1.29, 1.82) is 0 Å². The van der Waals surface area contributed by atoms with E-state index < -0.39 is 5.92 Å². The van der Waals surface area contributed by atoms with Crippen molar-refractivity contribution < 1.29 is 14.3 Å². The van der Waals surface area contributed by atoms with Crippen LogP contribution in [0, 0.1) is 0 Å². The van der Waals surface area contributed by atoms with Gasteiger partial charge in [0, 0.05) is 37.4 Å². The fourth-order valence-corrected chi connectivity index (χ4v) is 4.30. The zero-order valence-electron chi connectivity index (χ0n) is 16.9. The molecule has 4 rings (SSSR count). The van der Waals surface area contributed by atoms with E-state index in [0.717, 1.165) is 36.4 Å². The molecule has 2 aromatic rings. The number of morpholine rings is 1. The Hall–Kier alpha value is -2.70. The van der Waals surface area contributed by atoms with E-state index in [1.165, 1.54) is 0 Å². The summed E-state index contributed by atoms with van der Waals surface area (Å²) < 4.78 is 5.82. The Morgan fingerprint density at radius 3 is 2.59 bits per heavy atom. The molecular formula is C23H27N3O3. The summed E-state index contributed by atoms with van der Waals surface area (Å²) in [6.45, 7) is 6.64. The maximum Gasteiger partial charge on any atom is 0.232 e. The van der Waals surface area contributed by atoms with Crippen LogP contribution in [0.3, 0.4) is 0 Å². The highest BCUT2D eigenvalue weighted by Crippen LogP contribution is 2.33. The molecule has 3 atom stereocenters. The van der Waals surface area contributed by atoms with Crippen LogP contribution >= 0.6 is 0 Å². The number of benzene rings is 2. The van der Waals surface area contributed by atoms with Gasteiger partial charge in [-0.3, -0.25) is 14.5 Å². The Labute approximate surface area is 171 Å². The summed E-state index contributed by atoms with van der Waals surface area (Å²) in [5, 5.41) is 5.92. The van der Waals surface area contributed by atoms with Crippen LogP contribution in [0.15, 0.2) is 48.5 Å². The largest absolute Gasteiger partial charge is 0.373 e. The minimum Gasteiger partial charge on any atom is -0.373 e. The van der Waals surface area contributed by atoms with E-state index in [-0.39, 0.29) is 30.4 Å². The molecule has 2 heterocycles. The molecule has 0 spiro atoms. The normalized spacial score (nSPS) is 24.5. The molecule has 6 heteroatoms. The molecule has 0 aromatic heterocycles. The SMILES string of the molecule is CC1CN(Cc2ccccc2NC(=O)C2CC(=O)Nc3ccccc32)CC(C)O1. The maximum atomic E-state index is 13.1. The van der Waals surface area contributed by atoms with Crippen molar-refractivity contribution in [3.63, 3.8) is 0 Å². The first-order valence-corrected chi connectivity index (χ1v) is 10.1. The lowest BCUT2D eigenvalue weighted by Gasteiger charge is -2.35. The number of rotatable bonds is 4. The Bertz CT molecular complexity index is 904. The van der Waals surface area contributed by atoms with Crippen LogP contribution in [0.1, 0.15) is 37.3 Å². The maximum absolute atomic E-state index is 13.1. The number of carbonyl (C=O) groups excluding carboxylic acids is 2. The quantitative estimate of drug-likeness (QED) is 0.836. The minimum absolute atomic E-state index is 0.131. The third kappa shape index (κ3) is 4.49. The Morgan fingerprint density at radius 1 is 1.10 bits per heavy atom. The lowest BCUT2D eigenvalue weighted by atomic mass is 9.89. The van der Waals surface area contributed by atoms with Gasteiger partial charge in [-0.2, -0.15) is 0 Å². The molecule has 2 aliphatic heterocycles. The van der Waals surface area contributed by atoms with Crippen LogP contribution in [0.4, 0.5) is 11.4 Å². The van der Waals surface area contributed by atoms with Crippen LogP contribution in [-0.4, -0.2) is 42.0 Å². The fourth-order valence-electron chi connectivity index (χ4n) is 4.30. The van der Waals surface area contributed by atoms with Crippen molar-refractivity contribution in [2.45, 2.75) is 44.9 Å². The molecular weight excluding hydrogens is 366 g/mol. The van der Waals surface area contributed by atoms with Gasteiger partial charge >= 0.3 is 0 Å². The third-order valence-electron chi connectivity index (χ3n) is 5.48. The molecule has 2 amide bonds. The van der Waals surface area contributed by atoms with Crippen LogP contribution in [-0.2, 0) is 20.9 Å². The van der Waals surface area contributed by atoms with Gasteiger partial charge in [-0.25, -0.2) is 0 Å². The number of hydrogen-bond acceptors (Lipinski definition) is 4. The van der Waals surface area contributed by atoms with Gasteiger partial charge < -0.3 is 15.4 Å². The third-order valence-corrected chi connectivity index (χ3v) is 5.48. The molecule has 3 unspecified atom stereocenters. The number of anilines is 2. The first-order valence-electron chi connectivity index (χ1n) is 10.1. The molecule has 0 bridgehead atoms. The van der Waals surface area contributed by atoms with E-state index in [9.17, 15) is 9.59 Å². The number of para-hydroxylation sites is 2. The minimum atomic E-state index is -0.489. The molecule has 0 radical (unpaired) electrons. The number of fused-ring (bicyclic) bond motifs is 1. The Balaban J connectivity index is 1.52. The van der Waals surface area contributed by atoms with Gasteiger partial charge in [-0.1, -0.05) is 36.4 Å². The van der Waals surface area contributed by atoms with Crippen molar-refractivity contribution in [1.82, 2.24) is 4.90 Å². The number of hydrogen-bond donors (Lipinski definition) is 2. The average Bonchev–Trinajstić information content (AvgIpc) is 2.68. The fraction of sp³-hybridized carbons (Fsp3) is 0.391. The number of nitrogens with zero attached hydrogens (tertiary/aromatic N) is 1. The van der Waals surface area contributed by atoms with Crippen molar-refractivity contribution >= 4 is 23.2 Å². The van der Waals surface area contributed by atoms with Crippen LogP contribution in [0.25, 0.3) is 0 Å². The predicted molar refractivity (Wildman–Crippen MR) is 113 cm³/mol. The predicted octanol–water partition coefficient (Wildman–Crippen LogP) is 3.36. The summed E-state index contributed by atoms with van der Waals surface area (Å²) in [6.07, 6.45) is 0.541. The topological polar surface area (TPSA) is 70.7 Å². The van der Waals surface area contributed by atoms with Gasteiger partial charge in [0.1, 0.15) is 0 Å². The first-order chi connectivity index (χ1) is 14.0. The van der Waals surface area contributed by atoms with Crippen LogP contribution in [0.2, 0.25) is 0 Å². The van der Waals surface area contributed by atoms with Crippen molar-refractivity contribution in [2.75, 3.05) is 23.7 Å². The van der Waals surface area contributed by atoms with Gasteiger partial charge in [-0.15, -0.1) is 0 Å². The lowest BCUT2D eigenvalue weighted by Crippen LogP contribution is -2.44. The molecule has 0 saturated carbocycles. The van der Waals surface area contributed by atoms with E-state index in [1.54, 1.807) is 0 Å². The second-order valence-electron chi connectivity index (χ2n) is 7.99. The van der Waals surface area contributed by atoms with Gasteiger partial charge in [0.25, 0.3) is 0 Å². The van der Waals surface area contributed by atoms with E-state index in [0.29, 0.717) is 5.69 Å². The van der Waals surface area contributed by atoms with Gasteiger partial charge in [0.05, 0.1) is 18.1 Å². The van der Waals surface area contributed by atoms with Gasteiger partial charge in [0.15, 0.2) is 0 Å². The molecule has 0 aliphatic carbocycles. The summed E-state index contributed by atoms with van der Waals surface area (Å²) in [4.78, 5) is 27.5. The highest BCUT2D eigenvalue weighted by Gasteiger charge is 2.31.